The van der Waals surface area contributed by atoms with Crippen molar-refractivity contribution in [1.82, 2.24) is 9.78 Å². The second-order valence-corrected chi connectivity index (χ2v) is 2.70. The maximum Gasteiger partial charge on any atom is 0.330 e. The van der Waals surface area contributed by atoms with Crippen LogP contribution in [0.5, 0.6) is 0 Å². The molecule has 1 aromatic heterocycles. The lowest BCUT2D eigenvalue weighted by Crippen LogP contribution is -2.18. The maximum absolute atomic E-state index is 11.0. The molecule has 0 bridgehead atoms. The fourth-order valence-corrected chi connectivity index (χ4v) is 0.923. The second kappa shape index (κ2) is 3.43. The Kier molecular flexibility index (Phi) is 2.52. The maximum atomic E-state index is 11.0. The van der Waals surface area contributed by atoms with Gasteiger partial charge in [-0.15, -0.1) is 0 Å². The summed E-state index contributed by atoms with van der Waals surface area (Å²) in [6.07, 6.45) is 3.51. The SMILES string of the molecule is Bc1cnn([C@H](C)C(=O)OC)c1. The Hall–Kier alpha value is -1.26. The number of aromatic nitrogens is 2. The summed E-state index contributed by atoms with van der Waals surface area (Å²) in [6.45, 7) is 1.75. The van der Waals surface area contributed by atoms with E-state index < -0.39 is 0 Å². The van der Waals surface area contributed by atoms with Crippen molar-refractivity contribution in [3.8, 4) is 0 Å². The van der Waals surface area contributed by atoms with Crippen molar-refractivity contribution >= 4 is 19.3 Å². The summed E-state index contributed by atoms with van der Waals surface area (Å²) >= 11 is 0. The van der Waals surface area contributed by atoms with Gasteiger partial charge < -0.3 is 4.74 Å². The van der Waals surface area contributed by atoms with Crippen LogP contribution in [0.25, 0.3) is 0 Å². The van der Waals surface area contributed by atoms with Gasteiger partial charge in [-0.25, -0.2) is 4.79 Å². The van der Waals surface area contributed by atoms with Gasteiger partial charge in [-0.3, -0.25) is 4.68 Å². The first-order valence-electron chi connectivity index (χ1n) is 3.73. The van der Waals surface area contributed by atoms with E-state index in [2.05, 4.69) is 9.84 Å². The first-order chi connectivity index (χ1) is 5.65. The number of esters is 1. The van der Waals surface area contributed by atoms with Crippen molar-refractivity contribution in [2.75, 3.05) is 7.11 Å². The molecule has 0 N–H and O–H groups in total. The molecule has 0 spiro atoms. The van der Waals surface area contributed by atoms with Crippen LogP contribution in [0.15, 0.2) is 12.4 Å². The third-order valence-corrected chi connectivity index (χ3v) is 1.67. The summed E-state index contributed by atoms with van der Waals surface area (Å²) in [7, 11) is 3.29. The predicted octanol–water partition coefficient (Wildman–Crippen LogP) is -1.12. The largest absolute Gasteiger partial charge is 0.467 e. The molecule has 0 saturated carbocycles. The highest BCUT2D eigenvalue weighted by atomic mass is 16.5. The van der Waals surface area contributed by atoms with Crippen molar-refractivity contribution in [2.45, 2.75) is 13.0 Å². The van der Waals surface area contributed by atoms with Crippen LogP contribution >= 0.6 is 0 Å². The molecule has 0 aromatic carbocycles. The molecule has 0 saturated heterocycles. The summed E-state index contributed by atoms with van der Waals surface area (Å²) in [6, 6.07) is -0.344. The average Bonchev–Trinajstić information content (AvgIpc) is 2.49. The van der Waals surface area contributed by atoms with Gasteiger partial charge in [-0.1, -0.05) is 5.46 Å². The third-order valence-electron chi connectivity index (χ3n) is 1.67. The molecule has 0 amide bonds. The summed E-state index contributed by atoms with van der Waals surface area (Å²) in [5.74, 6) is -0.280. The van der Waals surface area contributed by atoms with Crippen LogP contribution in [-0.2, 0) is 9.53 Å². The molecule has 1 heterocycles. The first-order valence-corrected chi connectivity index (χ1v) is 3.73. The number of rotatable bonds is 2. The van der Waals surface area contributed by atoms with E-state index in [4.69, 9.17) is 0 Å². The van der Waals surface area contributed by atoms with Crippen molar-refractivity contribution in [1.29, 1.82) is 0 Å². The highest BCUT2D eigenvalue weighted by Crippen LogP contribution is 2.03. The third kappa shape index (κ3) is 1.67. The zero-order chi connectivity index (χ0) is 9.14. The Morgan fingerprint density at radius 3 is 2.92 bits per heavy atom. The molecule has 0 aliphatic carbocycles. The van der Waals surface area contributed by atoms with Gasteiger partial charge in [0, 0.05) is 12.4 Å². The smallest absolute Gasteiger partial charge is 0.330 e. The Bertz CT molecular complexity index is 285. The molecule has 0 fully saturated rings. The zero-order valence-electron chi connectivity index (χ0n) is 7.44. The van der Waals surface area contributed by atoms with E-state index in [1.54, 1.807) is 17.8 Å². The van der Waals surface area contributed by atoms with Crippen molar-refractivity contribution < 1.29 is 9.53 Å². The number of carbonyl (C=O) groups is 1. The van der Waals surface area contributed by atoms with E-state index in [0.717, 1.165) is 5.46 Å². The number of hydrogen-bond acceptors (Lipinski definition) is 3. The molecule has 64 valence electrons. The van der Waals surface area contributed by atoms with Gasteiger partial charge in [0.1, 0.15) is 13.9 Å². The highest BCUT2D eigenvalue weighted by Gasteiger charge is 2.14. The van der Waals surface area contributed by atoms with Gasteiger partial charge in [0.15, 0.2) is 0 Å². The predicted molar refractivity (Wildman–Crippen MR) is 47.1 cm³/mol. The van der Waals surface area contributed by atoms with E-state index in [0.29, 0.717) is 0 Å². The summed E-state index contributed by atoms with van der Waals surface area (Å²) in [4.78, 5) is 11.0. The van der Waals surface area contributed by atoms with Gasteiger partial charge in [-0.2, -0.15) is 5.10 Å². The summed E-state index contributed by atoms with van der Waals surface area (Å²) in [5, 5.41) is 4.00. The second-order valence-electron chi connectivity index (χ2n) is 2.70. The summed E-state index contributed by atoms with van der Waals surface area (Å²) in [5.41, 5.74) is 1.03. The standard InChI is InChI=1S/C7H11BN2O2/c1-5(7(11)12-2)10-4-6(8)3-9-10/h3-5H,8H2,1-2H3/t5-/m1/s1. The molecule has 4 nitrogen and oxygen atoms in total. The van der Waals surface area contributed by atoms with Crippen LogP contribution in [0.4, 0.5) is 0 Å². The average molecular weight is 166 g/mol. The van der Waals surface area contributed by atoms with Gasteiger partial charge in [-0.05, 0) is 6.92 Å². The fraction of sp³-hybridized carbons (Fsp3) is 0.429. The van der Waals surface area contributed by atoms with Gasteiger partial charge in [0.05, 0.1) is 7.11 Å². The van der Waals surface area contributed by atoms with Gasteiger partial charge in [0.25, 0.3) is 0 Å². The minimum Gasteiger partial charge on any atom is -0.467 e. The molecule has 1 atom stereocenters. The van der Waals surface area contributed by atoms with Crippen LogP contribution in [0.2, 0.25) is 0 Å². The molecule has 1 aromatic rings. The molecule has 5 heteroatoms. The van der Waals surface area contributed by atoms with Gasteiger partial charge >= 0.3 is 5.97 Å². The normalized spacial score (nSPS) is 12.5. The van der Waals surface area contributed by atoms with Crippen LogP contribution < -0.4 is 5.46 Å². The van der Waals surface area contributed by atoms with Crippen molar-refractivity contribution in [3.63, 3.8) is 0 Å². The monoisotopic (exact) mass is 166 g/mol. The number of carbonyl (C=O) groups excluding carboxylic acids is 1. The number of methoxy groups -OCH3 is 1. The molecule has 12 heavy (non-hydrogen) atoms. The minimum atomic E-state index is -0.344. The van der Waals surface area contributed by atoms with Crippen LogP contribution in [0, 0.1) is 0 Å². The molecular weight excluding hydrogens is 155 g/mol. The number of nitrogens with zero attached hydrogens (tertiary/aromatic N) is 2. The number of ether oxygens (including phenoxy) is 1. The van der Waals surface area contributed by atoms with Crippen molar-refractivity contribution in [3.05, 3.63) is 12.4 Å². The van der Waals surface area contributed by atoms with Gasteiger partial charge in [0.2, 0.25) is 0 Å². The molecule has 0 radical (unpaired) electrons. The zero-order valence-corrected chi connectivity index (χ0v) is 7.44. The van der Waals surface area contributed by atoms with E-state index in [9.17, 15) is 4.79 Å². The van der Waals surface area contributed by atoms with Crippen LogP contribution in [-0.4, -0.2) is 30.7 Å². The quantitative estimate of drug-likeness (QED) is 0.412. The van der Waals surface area contributed by atoms with E-state index >= 15 is 0 Å². The number of hydrogen-bond donors (Lipinski definition) is 0. The lowest BCUT2D eigenvalue weighted by molar-refractivity contribution is -0.144. The van der Waals surface area contributed by atoms with E-state index in [1.807, 2.05) is 14.0 Å². The topological polar surface area (TPSA) is 44.1 Å². The molecule has 1 rings (SSSR count). The minimum absolute atomic E-state index is 0.280. The molecular formula is C7H11BN2O2. The highest BCUT2D eigenvalue weighted by molar-refractivity contribution is 6.31. The van der Waals surface area contributed by atoms with Crippen LogP contribution in [0.1, 0.15) is 13.0 Å². The first kappa shape index (κ1) is 8.84. The van der Waals surface area contributed by atoms with Crippen molar-refractivity contribution in [2.24, 2.45) is 0 Å². The van der Waals surface area contributed by atoms with E-state index in [-0.39, 0.29) is 12.0 Å². The molecule has 0 unspecified atom stereocenters. The Balaban J connectivity index is 2.77. The lowest BCUT2D eigenvalue weighted by atomic mass is 10.0. The lowest BCUT2D eigenvalue weighted by Gasteiger charge is -2.08. The molecule has 0 aliphatic rings. The summed E-state index contributed by atoms with van der Waals surface area (Å²) < 4.78 is 6.16. The van der Waals surface area contributed by atoms with Crippen LogP contribution in [0.3, 0.4) is 0 Å². The fourth-order valence-electron chi connectivity index (χ4n) is 0.923. The molecule has 0 aliphatic heterocycles. The Morgan fingerprint density at radius 2 is 2.50 bits per heavy atom. The Labute approximate surface area is 71.9 Å². The van der Waals surface area contributed by atoms with E-state index in [1.165, 1.54) is 7.11 Å². The Morgan fingerprint density at radius 1 is 1.83 bits per heavy atom.